The predicted octanol–water partition coefficient (Wildman–Crippen LogP) is 3.32. The third-order valence-electron chi connectivity index (χ3n) is 5.71. The van der Waals surface area contributed by atoms with Crippen molar-refractivity contribution in [1.29, 1.82) is 0 Å². The zero-order valence-corrected chi connectivity index (χ0v) is 19.3. The molecule has 2 aromatic carbocycles. The summed E-state index contributed by atoms with van der Waals surface area (Å²) < 4.78 is 28.7. The Morgan fingerprint density at radius 3 is 2.44 bits per heavy atom. The van der Waals surface area contributed by atoms with E-state index in [0.29, 0.717) is 34.7 Å². The molecule has 5 aromatic rings. The van der Waals surface area contributed by atoms with Gasteiger partial charge in [-0.15, -0.1) is 16.4 Å². The lowest BCUT2D eigenvalue weighted by Gasteiger charge is -2.11. The van der Waals surface area contributed by atoms with Crippen LogP contribution in [0.3, 0.4) is 0 Å². The van der Waals surface area contributed by atoms with Gasteiger partial charge in [0.15, 0.2) is 11.5 Å². The fraction of sp³-hybridized carbons (Fsp3) is 0.208. The number of halogens is 1. The average Bonchev–Trinajstić information content (AvgIpc) is 3.45. The maximum Gasteiger partial charge on any atom is 0.352 e. The van der Waals surface area contributed by atoms with Crippen molar-refractivity contribution >= 4 is 27.3 Å². The molecular weight excluding hydrogens is 459 g/mol. The molecule has 0 atom stereocenters. The number of fused-ring (bicyclic) bond motifs is 3. The van der Waals surface area contributed by atoms with Gasteiger partial charge in [-0.3, -0.25) is 9.36 Å². The first-order chi connectivity index (χ1) is 16.5. The number of methoxy groups -OCH3 is 2. The highest BCUT2D eigenvalue weighted by Crippen LogP contribution is 2.28. The maximum atomic E-state index is 13.3. The minimum atomic E-state index is -0.359. The number of ether oxygens (including phenoxy) is 2. The zero-order valence-electron chi connectivity index (χ0n) is 18.5. The number of nitrogens with zero attached hydrogens (tertiary/aromatic N) is 4. The third kappa shape index (κ3) is 3.75. The monoisotopic (exact) mass is 480 g/mol. The summed E-state index contributed by atoms with van der Waals surface area (Å²) in [5, 5.41) is 6.28. The van der Waals surface area contributed by atoms with Gasteiger partial charge >= 0.3 is 5.69 Å². The van der Waals surface area contributed by atoms with Crippen LogP contribution in [0, 0.1) is 5.82 Å². The van der Waals surface area contributed by atoms with E-state index in [4.69, 9.17) is 9.47 Å². The van der Waals surface area contributed by atoms with E-state index < -0.39 is 0 Å². The van der Waals surface area contributed by atoms with Crippen molar-refractivity contribution in [3.05, 3.63) is 91.7 Å². The summed E-state index contributed by atoms with van der Waals surface area (Å²) in [6.45, 7) is 0.481. The number of hydrogen-bond acceptors (Lipinski definition) is 6. The number of aryl methyl sites for hydroxylation is 2. The van der Waals surface area contributed by atoms with Crippen LogP contribution in [0.2, 0.25) is 0 Å². The Morgan fingerprint density at radius 1 is 0.971 bits per heavy atom. The molecular formula is C24H21FN4O4S. The van der Waals surface area contributed by atoms with Crippen molar-refractivity contribution in [2.75, 3.05) is 14.2 Å². The molecule has 5 rings (SSSR count). The summed E-state index contributed by atoms with van der Waals surface area (Å²) in [4.78, 5) is 26.5. The second kappa shape index (κ2) is 8.79. The molecule has 0 saturated carbocycles. The first-order valence-corrected chi connectivity index (χ1v) is 11.4. The maximum absolute atomic E-state index is 13.3. The molecule has 174 valence electrons. The van der Waals surface area contributed by atoms with Crippen molar-refractivity contribution < 1.29 is 13.9 Å². The fourth-order valence-corrected chi connectivity index (χ4v) is 4.80. The SMILES string of the molecule is COc1ccc(CCn2c(=O)c3sccc3n3c(=O)n(Cc4ccc(F)cc4)nc23)cc1OC. The van der Waals surface area contributed by atoms with Gasteiger partial charge in [0.2, 0.25) is 5.78 Å². The first kappa shape index (κ1) is 21.9. The predicted molar refractivity (Wildman–Crippen MR) is 128 cm³/mol. The van der Waals surface area contributed by atoms with E-state index in [9.17, 15) is 14.0 Å². The van der Waals surface area contributed by atoms with Crippen LogP contribution in [0.5, 0.6) is 11.5 Å². The van der Waals surface area contributed by atoms with Crippen LogP contribution in [0.15, 0.2) is 63.5 Å². The lowest BCUT2D eigenvalue weighted by Crippen LogP contribution is -2.26. The van der Waals surface area contributed by atoms with Gasteiger partial charge in [0.25, 0.3) is 5.56 Å². The Morgan fingerprint density at radius 2 is 1.71 bits per heavy atom. The summed E-state index contributed by atoms with van der Waals surface area (Å²) in [6, 6.07) is 13.2. The van der Waals surface area contributed by atoms with Crippen LogP contribution in [0.1, 0.15) is 11.1 Å². The number of thiophene rings is 1. The van der Waals surface area contributed by atoms with Crippen molar-refractivity contribution in [3.63, 3.8) is 0 Å². The number of aromatic nitrogens is 4. The van der Waals surface area contributed by atoms with Crippen LogP contribution in [-0.2, 0) is 19.5 Å². The molecule has 0 N–H and O–H groups in total. The molecule has 0 bridgehead atoms. The molecule has 3 aromatic heterocycles. The fourth-order valence-electron chi connectivity index (χ4n) is 3.98. The zero-order chi connectivity index (χ0) is 23.8. The average molecular weight is 481 g/mol. The smallest absolute Gasteiger partial charge is 0.352 e. The van der Waals surface area contributed by atoms with Gasteiger partial charge in [-0.2, -0.15) is 0 Å². The highest BCUT2D eigenvalue weighted by Gasteiger charge is 2.18. The minimum Gasteiger partial charge on any atom is -0.493 e. The van der Waals surface area contributed by atoms with Crippen LogP contribution in [0.25, 0.3) is 16.0 Å². The summed E-state index contributed by atoms with van der Waals surface area (Å²) >= 11 is 1.29. The van der Waals surface area contributed by atoms with Crippen molar-refractivity contribution in [3.8, 4) is 11.5 Å². The van der Waals surface area contributed by atoms with Gasteiger partial charge in [-0.05, 0) is 53.3 Å². The van der Waals surface area contributed by atoms with E-state index in [-0.39, 0.29) is 29.4 Å². The molecule has 8 nitrogen and oxygen atoms in total. The van der Waals surface area contributed by atoms with Gasteiger partial charge in [0, 0.05) is 6.54 Å². The summed E-state index contributed by atoms with van der Waals surface area (Å²) in [6.07, 6.45) is 0.520. The van der Waals surface area contributed by atoms with Gasteiger partial charge in [0.05, 0.1) is 26.3 Å². The number of rotatable bonds is 7. The first-order valence-electron chi connectivity index (χ1n) is 10.5. The molecule has 10 heteroatoms. The molecule has 0 aliphatic carbocycles. The van der Waals surface area contributed by atoms with Crippen LogP contribution >= 0.6 is 11.3 Å². The Bertz CT molecular complexity index is 1610. The lowest BCUT2D eigenvalue weighted by molar-refractivity contribution is 0.354. The second-order valence-electron chi connectivity index (χ2n) is 7.73. The van der Waals surface area contributed by atoms with Crippen LogP contribution < -0.4 is 20.7 Å². The van der Waals surface area contributed by atoms with E-state index in [1.807, 2.05) is 18.2 Å². The molecule has 0 fully saturated rings. The lowest BCUT2D eigenvalue weighted by atomic mass is 10.1. The van der Waals surface area contributed by atoms with Gasteiger partial charge in [-0.1, -0.05) is 18.2 Å². The van der Waals surface area contributed by atoms with Crippen molar-refractivity contribution in [2.24, 2.45) is 0 Å². The molecule has 0 aliphatic heterocycles. The number of benzene rings is 2. The Labute approximate surface area is 197 Å². The van der Waals surface area contributed by atoms with Gasteiger partial charge in [0.1, 0.15) is 10.5 Å². The Balaban J connectivity index is 1.58. The standard InChI is InChI=1S/C24H21FN4O4S/c1-32-19-8-5-15(13-20(19)33-2)9-11-27-22(30)21-18(10-12-34-21)29-23(27)26-28(24(29)31)14-16-3-6-17(25)7-4-16/h3-8,10,12-13H,9,11,14H2,1-2H3. The molecule has 0 aliphatic rings. The van der Waals surface area contributed by atoms with E-state index in [2.05, 4.69) is 5.10 Å². The third-order valence-corrected chi connectivity index (χ3v) is 6.60. The normalized spacial score (nSPS) is 11.4. The molecule has 0 spiro atoms. The Hall–Kier alpha value is -3.92. The Kier molecular flexibility index (Phi) is 5.66. The second-order valence-corrected chi connectivity index (χ2v) is 8.65. The van der Waals surface area contributed by atoms with Crippen LogP contribution in [0.4, 0.5) is 4.39 Å². The molecule has 0 amide bonds. The minimum absolute atomic E-state index is 0.163. The largest absolute Gasteiger partial charge is 0.493 e. The van der Waals surface area contributed by atoms with Crippen LogP contribution in [-0.4, -0.2) is 33.0 Å². The molecule has 3 heterocycles. The molecule has 0 saturated heterocycles. The van der Waals surface area contributed by atoms with Gasteiger partial charge < -0.3 is 9.47 Å². The number of hydrogen-bond donors (Lipinski definition) is 0. The van der Waals surface area contributed by atoms with Crippen molar-refractivity contribution in [2.45, 2.75) is 19.5 Å². The molecule has 34 heavy (non-hydrogen) atoms. The van der Waals surface area contributed by atoms with Crippen molar-refractivity contribution in [1.82, 2.24) is 18.7 Å². The van der Waals surface area contributed by atoms with E-state index in [0.717, 1.165) is 11.1 Å². The highest BCUT2D eigenvalue weighted by atomic mass is 32.1. The highest BCUT2D eigenvalue weighted by molar-refractivity contribution is 7.17. The van der Waals surface area contributed by atoms with Gasteiger partial charge in [-0.25, -0.2) is 18.3 Å². The van der Waals surface area contributed by atoms with E-state index in [1.165, 1.54) is 37.1 Å². The van der Waals surface area contributed by atoms with E-state index >= 15 is 0 Å². The molecule has 0 radical (unpaired) electrons. The summed E-state index contributed by atoms with van der Waals surface area (Å²) in [5.74, 6) is 1.14. The summed E-state index contributed by atoms with van der Waals surface area (Å²) in [5.41, 5.74) is 1.65. The molecule has 0 unspecified atom stereocenters. The summed E-state index contributed by atoms with van der Waals surface area (Å²) in [7, 11) is 3.14. The van der Waals surface area contributed by atoms with E-state index in [1.54, 1.807) is 37.8 Å². The quantitative estimate of drug-likeness (QED) is 0.357. The topological polar surface area (TPSA) is 79.8 Å².